The highest BCUT2D eigenvalue weighted by molar-refractivity contribution is 6.30. The van der Waals surface area contributed by atoms with Gasteiger partial charge in [0, 0.05) is 24.2 Å². The van der Waals surface area contributed by atoms with Crippen LogP contribution >= 0.6 is 11.6 Å². The maximum absolute atomic E-state index is 12.2. The lowest BCUT2D eigenvalue weighted by atomic mass is 10.2. The smallest absolute Gasteiger partial charge is 0.307 e. The summed E-state index contributed by atoms with van der Waals surface area (Å²) < 4.78 is 4.88. The van der Waals surface area contributed by atoms with Crippen LogP contribution in [0.4, 0.5) is 0 Å². The average molecular weight is 324 g/mol. The second-order valence-electron chi connectivity index (χ2n) is 4.77. The summed E-state index contributed by atoms with van der Waals surface area (Å²) in [6.45, 7) is 5.10. The molecule has 0 saturated carbocycles. The summed E-state index contributed by atoms with van der Waals surface area (Å²) in [5.41, 5.74) is 0.902. The molecule has 1 aromatic carbocycles. The summed E-state index contributed by atoms with van der Waals surface area (Å²) in [5.74, 6) is -0.390. The Balaban J connectivity index is 2.60. The molecule has 5 heteroatoms. The molecule has 0 atom stereocenters. The number of benzene rings is 1. The van der Waals surface area contributed by atoms with E-state index in [4.69, 9.17) is 16.3 Å². The van der Waals surface area contributed by atoms with Crippen molar-refractivity contribution in [3.8, 4) is 0 Å². The largest absolute Gasteiger partial charge is 0.466 e. The van der Waals surface area contributed by atoms with Crippen LogP contribution < -0.4 is 0 Å². The minimum atomic E-state index is -0.280. The third-order valence-electron chi connectivity index (χ3n) is 2.98. The van der Waals surface area contributed by atoms with E-state index in [2.05, 4.69) is 0 Å². The van der Waals surface area contributed by atoms with E-state index in [0.717, 1.165) is 12.0 Å². The van der Waals surface area contributed by atoms with Gasteiger partial charge < -0.3 is 9.64 Å². The quantitative estimate of drug-likeness (QED) is 0.543. The number of hydrogen-bond donors (Lipinski definition) is 0. The van der Waals surface area contributed by atoms with E-state index in [-0.39, 0.29) is 18.3 Å². The molecule has 0 fully saturated rings. The second kappa shape index (κ2) is 10.0. The molecular weight excluding hydrogens is 302 g/mol. The highest BCUT2D eigenvalue weighted by Gasteiger charge is 2.12. The fourth-order valence-corrected chi connectivity index (χ4v) is 2.03. The maximum atomic E-state index is 12.2. The van der Waals surface area contributed by atoms with Crippen molar-refractivity contribution in [2.75, 3.05) is 19.7 Å². The van der Waals surface area contributed by atoms with Gasteiger partial charge in [-0.3, -0.25) is 9.59 Å². The molecule has 0 bridgehead atoms. The Labute approximate surface area is 136 Å². The topological polar surface area (TPSA) is 46.6 Å². The lowest BCUT2D eigenvalue weighted by Crippen LogP contribution is -2.32. The molecule has 0 aliphatic heterocycles. The van der Waals surface area contributed by atoms with Gasteiger partial charge in [-0.05, 0) is 37.1 Å². The van der Waals surface area contributed by atoms with Crippen LogP contribution in [0.15, 0.2) is 30.3 Å². The van der Waals surface area contributed by atoms with Crippen molar-refractivity contribution < 1.29 is 14.3 Å². The van der Waals surface area contributed by atoms with Crippen molar-refractivity contribution in [3.63, 3.8) is 0 Å². The zero-order valence-corrected chi connectivity index (χ0v) is 13.8. The van der Waals surface area contributed by atoms with Crippen LogP contribution in [0.2, 0.25) is 5.02 Å². The number of amides is 1. The maximum Gasteiger partial charge on any atom is 0.307 e. The molecule has 22 heavy (non-hydrogen) atoms. The van der Waals surface area contributed by atoms with Crippen molar-refractivity contribution in [1.82, 2.24) is 4.90 Å². The van der Waals surface area contributed by atoms with E-state index in [0.29, 0.717) is 24.7 Å². The molecule has 0 aliphatic rings. The molecule has 4 nitrogen and oxygen atoms in total. The zero-order chi connectivity index (χ0) is 16.4. The molecule has 0 radical (unpaired) electrons. The van der Waals surface area contributed by atoms with E-state index >= 15 is 0 Å². The van der Waals surface area contributed by atoms with Crippen LogP contribution in [0, 0.1) is 0 Å². The SMILES string of the molecule is CCCN(CCC(=O)OCC)C(=O)/C=C/c1ccc(Cl)cc1. The summed E-state index contributed by atoms with van der Waals surface area (Å²) in [6, 6.07) is 7.23. The lowest BCUT2D eigenvalue weighted by Gasteiger charge is -2.20. The van der Waals surface area contributed by atoms with E-state index in [9.17, 15) is 9.59 Å². The number of carbonyl (C=O) groups excluding carboxylic acids is 2. The Bertz CT molecular complexity index is 511. The van der Waals surface area contributed by atoms with Crippen molar-refractivity contribution >= 4 is 29.6 Å². The van der Waals surface area contributed by atoms with Crippen LogP contribution in [0.25, 0.3) is 6.08 Å². The minimum Gasteiger partial charge on any atom is -0.466 e. The summed E-state index contributed by atoms with van der Waals surface area (Å²) in [7, 11) is 0. The number of nitrogens with zero attached hydrogens (tertiary/aromatic N) is 1. The Kier molecular flexibility index (Phi) is 8.30. The number of halogens is 1. The summed E-state index contributed by atoms with van der Waals surface area (Å²) in [4.78, 5) is 25.3. The lowest BCUT2D eigenvalue weighted by molar-refractivity contribution is -0.143. The predicted octanol–water partition coefficient (Wildman–Crippen LogP) is 3.55. The van der Waals surface area contributed by atoms with Crippen molar-refractivity contribution in [3.05, 3.63) is 40.9 Å². The van der Waals surface area contributed by atoms with Crippen LogP contribution in [0.5, 0.6) is 0 Å². The van der Waals surface area contributed by atoms with Gasteiger partial charge in [-0.1, -0.05) is 30.7 Å². The van der Waals surface area contributed by atoms with E-state index in [1.165, 1.54) is 6.08 Å². The molecule has 1 rings (SSSR count). The van der Waals surface area contributed by atoms with Gasteiger partial charge in [-0.25, -0.2) is 0 Å². The standard InChI is InChI=1S/C17H22ClNO3/c1-3-12-19(13-11-17(21)22-4-2)16(20)10-7-14-5-8-15(18)9-6-14/h5-10H,3-4,11-13H2,1-2H3/b10-7+. The normalized spacial score (nSPS) is 10.7. The van der Waals surface area contributed by atoms with Crippen molar-refractivity contribution in [2.45, 2.75) is 26.7 Å². The minimum absolute atomic E-state index is 0.110. The molecule has 1 amide bonds. The first-order valence-electron chi connectivity index (χ1n) is 7.45. The Morgan fingerprint density at radius 1 is 1.18 bits per heavy atom. The van der Waals surface area contributed by atoms with Gasteiger partial charge in [-0.15, -0.1) is 0 Å². The second-order valence-corrected chi connectivity index (χ2v) is 5.20. The highest BCUT2D eigenvalue weighted by atomic mass is 35.5. The van der Waals surface area contributed by atoms with Crippen LogP contribution in [-0.2, 0) is 14.3 Å². The fourth-order valence-electron chi connectivity index (χ4n) is 1.91. The fraction of sp³-hybridized carbons (Fsp3) is 0.412. The van der Waals surface area contributed by atoms with Gasteiger partial charge in [0.25, 0.3) is 0 Å². The molecule has 0 saturated heterocycles. The van der Waals surface area contributed by atoms with E-state index in [1.54, 1.807) is 30.0 Å². The van der Waals surface area contributed by atoms with Crippen molar-refractivity contribution in [2.24, 2.45) is 0 Å². The van der Waals surface area contributed by atoms with E-state index < -0.39 is 0 Å². The number of rotatable bonds is 8. The molecule has 1 aromatic rings. The van der Waals surface area contributed by atoms with Crippen LogP contribution in [-0.4, -0.2) is 36.5 Å². The van der Waals surface area contributed by atoms with Gasteiger partial charge in [0.1, 0.15) is 0 Å². The summed E-state index contributed by atoms with van der Waals surface area (Å²) in [5, 5.41) is 0.658. The average Bonchev–Trinajstić information content (AvgIpc) is 2.51. The predicted molar refractivity (Wildman–Crippen MR) is 88.6 cm³/mol. The monoisotopic (exact) mass is 323 g/mol. The van der Waals surface area contributed by atoms with Crippen molar-refractivity contribution in [1.29, 1.82) is 0 Å². The van der Waals surface area contributed by atoms with Gasteiger partial charge >= 0.3 is 5.97 Å². The third-order valence-corrected chi connectivity index (χ3v) is 3.24. The summed E-state index contributed by atoms with van der Waals surface area (Å²) in [6.07, 6.45) is 4.31. The molecular formula is C17H22ClNO3. The number of carbonyl (C=O) groups is 2. The first-order chi connectivity index (χ1) is 10.6. The third kappa shape index (κ3) is 6.76. The highest BCUT2D eigenvalue weighted by Crippen LogP contribution is 2.11. The molecule has 0 heterocycles. The first-order valence-corrected chi connectivity index (χ1v) is 7.82. The zero-order valence-electron chi connectivity index (χ0n) is 13.0. The van der Waals surface area contributed by atoms with Gasteiger partial charge in [0.05, 0.1) is 13.0 Å². The van der Waals surface area contributed by atoms with Gasteiger partial charge in [0.2, 0.25) is 5.91 Å². The van der Waals surface area contributed by atoms with Gasteiger partial charge in [0.15, 0.2) is 0 Å². The van der Waals surface area contributed by atoms with Crippen LogP contribution in [0.3, 0.4) is 0 Å². The van der Waals surface area contributed by atoms with E-state index in [1.807, 2.05) is 19.1 Å². The molecule has 0 unspecified atom stereocenters. The van der Waals surface area contributed by atoms with Crippen LogP contribution in [0.1, 0.15) is 32.3 Å². The Morgan fingerprint density at radius 2 is 1.86 bits per heavy atom. The van der Waals surface area contributed by atoms with Gasteiger partial charge in [-0.2, -0.15) is 0 Å². The molecule has 0 N–H and O–H groups in total. The first kappa shape index (κ1) is 18.2. The molecule has 120 valence electrons. The Hall–Kier alpha value is -1.81. The number of esters is 1. The number of hydrogen-bond acceptors (Lipinski definition) is 3. The molecule has 0 aromatic heterocycles. The molecule has 0 aliphatic carbocycles. The molecule has 0 spiro atoms. The number of ether oxygens (including phenoxy) is 1. The Morgan fingerprint density at radius 3 is 2.45 bits per heavy atom. The summed E-state index contributed by atoms with van der Waals surface area (Å²) >= 11 is 5.82.